The van der Waals surface area contributed by atoms with E-state index in [2.05, 4.69) is 29.6 Å². The molecule has 18 heavy (non-hydrogen) atoms. The van der Waals surface area contributed by atoms with Crippen LogP contribution in [-0.2, 0) is 4.74 Å². The van der Waals surface area contributed by atoms with Crippen LogP contribution in [-0.4, -0.2) is 56.9 Å². The van der Waals surface area contributed by atoms with Crippen LogP contribution < -0.4 is 10.6 Å². The summed E-state index contributed by atoms with van der Waals surface area (Å²) in [7, 11) is 4.16. The molecule has 0 aliphatic heterocycles. The second kappa shape index (κ2) is 9.16. The zero-order valence-corrected chi connectivity index (χ0v) is 12.5. The third-order valence-electron chi connectivity index (χ3n) is 2.18. The van der Waals surface area contributed by atoms with Gasteiger partial charge < -0.3 is 20.3 Å². The Kier molecular flexibility index (Phi) is 8.75. The molecule has 0 rings (SSSR count). The number of amides is 1. The van der Waals surface area contributed by atoms with Crippen molar-refractivity contribution >= 4 is 6.09 Å². The Hall–Kier alpha value is -0.810. The lowest BCUT2D eigenvalue weighted by molar-refractivity contribution is 0.0528. The molecular formula is C13H29N3O2. The first-order valence-corrected chi connectivity index (χ1v) is 6.63. The van der Waals surface area contributed by atoms with Crippen molar-refractivity contribution in [2.75, 3.05) is 40.3 Å². The molecule has 0 saturated carbocycles. The number of carbonyl (C=O) groups is 1. The second-order valence-corrected chi connectivity index (χ2v) is 5.69. The highest BCUT2D eigenvalue weighted by Crippen LogP contribution is 2.05. The molecule has 0 fully saturated rings. The molecule has 2 N–H and O–H groups in total. The predicted octanol–water partition coefficient (Wildman–Crippen LogP) is 1.44. The number of carbonyl (C=O) groups excluding carboxylic acids is 1. The lowest BCUT2D eigenvalue weighted by Gasteiger charge is -2.19. The van der Waals surface area contributed by atoms with E-state index in [9.17, 15) is 4.79 Å². The van der Waals surface area contributed by atoms with Gasteiger partial charge in [0.05, 0.1) is 0 Å². The topological polar surface area (TPSA) is 53.6 Å². The van der Waals surface area contributed by atoms with E-state index >= 15 is 0 Å². The minimum absolute atomic E-state index is 0.350. The molecular weight excluding hydrogens is 230 g/mol. The fourth-order valence-electron chi connectivity index (χ4n) is 1.37. The summed E-state index contributed by atoms with van der Waals surface area (Å²) in [4.78, 5) is 13.5. The van der Waals surface area contributed by atoms with Gasteiger partial charge in [-0.05, 0) is 60.8 Å². The summed E-state index contributed by atoms with van der Waals surface area (Å²) in [6.07, 6.45) is 2.00. The highest BCUT2D eigenvalue weighted by Gasteiger charge is 2.15. The zero-order chi connectivity index (χ0) is 14.0. The first-order chi connectivity index (χ1) is 8.31. The monoisotopic (exact) mass is 259 g/mol. The molecule has 0 atom stereocenters. The summed E-state index contributed by atoms with van der Waals surface area (Å²) in [6.45, 7) is 9.06. The molecule has 0 aromatic carbocycles. The average Bonchev–Trinajstić information content (AvgIpc) is 2.18. The molecule has 5 nitrogen and oxygen atoms in total. The molecule has 0 saturated heterocycles. The summed E-state index contributed by atoms with van der Waals surface area (Å²) in [5.41, 5.74) is -0.427. The molecule has 1 amide bonds. The second-order valence-electron chi connectivity index (χ2n) is 5.69. The third kappa shape index (κ3) is 13.3. The van der Waals surface area contributed by atoms with Gasteiger partial charge in [0.1, 0.15) is 5.60 Å². The Labute approximate surface area is 111 Å². The highest BCUT2D eigenvalue weighted by molar-refractivity contribution is 5.67. The van der Waals surface area contributed by atoms with Gasteiger partial charge in [-0.2, -0.15) is 0 Å². The molecule has 0 aliphatic carbocycles. The maximum atomic E-state index is 11.3. The van der Waals surface area contributed by atoms with Crippen molar-refractivity contribution in [3.05, 3.63) is 0 Å². The van der Waals surface area contributed by atoms with E-state index in [0.717, 1.165) is 26.1 Å². The molecule has 108 valence electrons. The average molecular weight is 259 g/mol. The lowest BCUT2D eigenvalue weighted by Crippen LogP contribution is -2.36. The van der Waals surface area contributed by atoms with Crippen molar-refractivity contribution in [3.63, 3.8) is 0 Å². The number of hydrogen-bond donors (Lipinski definition) is 2. The van der Waals surface area contributed by atoms with Gasteiger partial charge in [-0.3, -0.25) is 0 Å². The molecule has 5 heteroatoms. The van der Waals surface area contributed by atoms with Crippen LogP contribution in [0.1, 0.15) is 33.6 Å². The van der Waals surface area contributed by atoms with Crippen LogP contribution in [0.15, 0.2) is 0 Å². The van der Waals surface area contributed by atoms with Gasteiger partial charge in [-0.1, -0.05) is 0 Å². The fourth-order valence-corrected chi connectivity index (χ4v) is 1.37. The summed E-state index contributed by atoms with van der Waals surface area (Å²) in [5.74, 6) is 0. The standard InChI is InChI=1S/C13H29N3O2/c1-13(2,3)18-12(17)15-10-9-14-8-6-7-11-16(4)5/h14H,6-11H2,1-5H3,(H,15,17). The Bertz CT molecular complexity index is 225. The van der Waals surface area contributed by atoms with Crippen LogP contribution in [0.4, 0.5) is 4.79 Å². The van der Waals surface area contributed by atoms with Gasteiger partial charge in [0.2, 0.25) is 0 Å². The number of unbranched alkanes of at least 4 members (excludes halogenated alkanes) is 1. The largest absolute Gasteiger partial charge is 0.444 e. The minimum Gasteiger partial charge on any atom is -0.444 e. The molecule has 0 aliphatic rings. The van der Waals surface area contributed by atoms with Crippen molar-refractivity contribution in [1.29, 1.82) is 0 Å². The fraction of sp³-hybridized carbons (Fsp3) is 0.923. The van der Waals surface area contributed by atoms with Crippen LogP contribution >= 0.6 is 0 Å². The SMILES string of the molecule is CN(C)CCCCNCCNC(=O)OC(C)(C)C. The number of nitrogens with one attached hydrogen (secondary N) is 2. The van der Waals surface area contributed by atoms with Gasteiger partial charge >= 0.3 is 6.09 Å². The summed E-state index contributed by atoms with van der Waals surface area (Å²) in [5, 5.41) is 6.00. The van der Waals surface area contributed by atoms with E-state index in [-0.39, 0.29) is 6.09 Å². The first-order valence-electron chi connectivity index (χ1n) is 6.63. The van der Waals surface area contributed by atoms with Gasteiger partial charge in [0, 0.05) is 13.1 Å². The maximum Gasteiger partial charge on any atom is 0.407 e. The highest BCUT2D eigenvalue weighted by atomic mass is 16.6. The van der Waals surface area contributed by atoms with E-state index < -0.39 is 5.60 Å². The van der Waals surface area contributed by atoms with Crippen LogP contribution in [0.5, 0.6) is 0 Å². The van der Waals surface area contributed by atoms with Crippen LogP contribution in [0, 0.1) is 0 Å². The summed E-state index contributed by atoms with van der Waals surface area (Å²) >= 11 is 0. The van der Waals surface area contributed by atoms with Crippen LogP contribution in [0.2, 0.25) is 0 Å². The Morgan fingerprint density at radius 2 is 1.78 bits per heavy atom. The predicted molar refractivity (Wildman–Crippen MR) is 74.9 cm³/mol. The van der Waals surface area contributed by atoms with Crippen molar-refractivity contribution in [3.8, 4) is 0 Å². The number of rotatable bonds is 8. The normalized spacial score (nSPS) is 11.7. The van der Waals surface area contributed by atoms with E-state index in [1.807, 2.05) is 20.8 Å². The Morgan fingerprint density at radius 3 is 2.33 bits per heavy atom. The first kappa shape index (κ1) is 17.2. The third-order valence-corrected chi connectivity index (χ3v) is 2.18. The smallest absolute Gasteiger partial charge is 0.407 e. The molecule has 0 unspecified atom stereocenters. The number of nitrogens with zero attached hydrogens (tertiary/aromatic N) is 1. The van der Waals surface area contributed by atoms with E-state index in [4.69, 9.17) is 4.74 Å². The number of hydrogen-bond acceptors (Lipinski definition) is 4. The summed E-state index contributed by atoms with van der Waals surface area (Å²) < 4.78 is 5.13. The van der Waals surface area contributed by atoms with Gasteiger partial charge in [-0.25, -0.2) is 4.79 Å². The van der Waals surface area contributed by atoms with Gasteiger partial charge in [0.15, 0.2) is 0 Å². The molecule has 0 aromatic rings. The van der Waals surface area contributed by atoms with Gasteiger partial charge in [-0.15, -0.1) is 0 Å². The summed E-state index contributed by atoms with van der Waals surface area (Å²) in [6, 6.07) is 0. The van der Waals surface area contributed by atoms with Crippen molar-refractivity contribution < 1.29 is 9.53 Å². The maximum absolute atomic E-state index is 11.3. The number of ether oxygens (including phenoxy) is 1. The minimum atomic E-state index is -0.427. The van der Waals surface area contributed by atoms with Crippen molar-refractivity contribution in [1.82, 2.24) is 15.5 Å². The van der Waals surface area contributed by atoms with Crippen LogP contribution in [0.3, 0.4) is 0 Å². The Morgan fingerprint density at radius 1 is 1.11 bits per heavy atom. The van der Waals surface area contributed by atoms with Crippen molar-refractivity contribution in [2.24, 2.45) is 0 Å². The van der Waals surface area contributed by atoms with E-state index in [1.54, 1.807) is 0 Å². The molecule has 0 spiro atoms. The van der Waals surface area contributed by atoms with Gasteiger partial charge in [0.25, 0.3) is 0 Å². The van der Waals surface area contributed by atoms with E-state index in [0.29, 0.717) is 6.54 Å². The molecule has 0 radical (unpaired) electrons. The quantitative estimate of drug-likeness (QED) is 0.648. The van der Waals surface area contributed by atoms with Crippen molar-refractivity contribution in [2.45, 2.75) is 39.2 Å². The Balaban J connectivity index is 3.28. The zero-order valence-electron chi connectivity index (χ0n) is 12.5. The molecule has 0 bridgehead atoms. The van der Waals surface area contributed by atoms with Crippen LogP contribution in [0.25, 0.3) is 0 Å². The molecule has 0 heterocycles. The lowest BCUT2D eigenvalue weighted by atomic mass is 10.2. The molecule has 0 aromatic heterocycles. The number of alkyl carbamates (subject to hydrolysis) is 1. The van der Waals surface area contributed by atoms with E-state index in [1.165, 1.54) is 6.42 Å².